The summed E-state index contributed by atoms with van der Waals surface area (Å²) in [7, 11) is 0. The lowest BCUT2D eigenvalue weighted by atomic mass is 10.1. The number of aromatic hydroxyl groups is 1. The number of aryl methyl sites for hydroxylation is 1. The smallest absolute Gasteiger partial charge is 0.255 e. The van der Waals surface area contributed by atoms with E-state index in [1.807, 2.05) is 0 Å². The molecule has 106 valence electrons. The van der Waals surface area contributed by atoms with Crippen LogP contribution < -0.4 is 5.32 Å². The summed E-state index contributed by atoms with van der Waals surface area (Å²) in [4.78, 5) is 12.1. The SMILES string of the molecule is Cc1cc(O)ccc1C(=O)Nc1ccc(C#CCO)cc1. The molecule has 0 saturated heterocycles. The Balaban J connectivity index is 2.12. The van der Waals surface area contributed by atoms with Crippen molar-refractivity contribution in [1.29, 1.82) is 0 Å². The number of aliphatic hydroxyl groups excluding tert-OH is 1. The lowest BCUT2D eigenvalue weighted by Gasteiger charge is -2.08. The second-order valence-corrected chi connectivity index (χ2v) is 4.49. The average Bonchev–Trinajstić information content (AvgIpc) is 2.46. The molecule has 0 aliphatic heterocycles. The molecule has 0 fully saturated rings. The monoisotopic (exact) mass is 281 g/mol. The molecule has 0 heterocycles. The van der Waals surface area contributed by atoms with E-state index in [2.05, 4.69) is 17.2 Å². The third-order valence-corrected chi connectivity index (χ3v) is 2.91. The summed E-state index contributed by atoms with van der Waals surface area (Å²) < 4.78 is 0. The predicted octanol–water partition coefficient (Wildman–Crippen LogP) is 2.30. The second-order valence-electron chi connectivity index (χ2n) is 4.49. The Hall–Kier alpha value is -2.77. The van der Waals surface area contributed by atoms with Crippen LogP contribution in [-0.2, 0) is 0 Å². The summed E-state index contributed by atoms with van der Waals surface area (Å²) in [6.45, 7) is 1.58. The summed E-state index contributed by atoms with van der Waals surface area (Å²) in [5.74, 6) is 5.24. The third-order valence-electron chi connectivity index (χ3n) is 2.91. The molecule has 0 aromatic heterocycles. The first-order chi connectivity index (χ1) is 10.1. The molecule has 0 unspecified atom stereocenters. The van der Waals surface area contributed by atoms with Gasteiger partial charge in [-0.1, -0.05) is 11.8 Å². The van der Waals surface area contributed by atoms with Crippen molar-refractivity contribution >= 4 is 11.6 Å². The minimum atomic E-state index is -0.235. The Morgan fingerprint density at radius 2 is 1.90 bits per heavy atom. The molecule has 4 heteroatoms. The minimum absolute atomic E-state index is 0.135. The average molecular weight is 281 g/mol. The van der Waals surface area contributed by atoms with Crippen molar-refractivity contribution in [1.82, 2.24) is 0 Å². The number of rotatable bonds is 2. The van der Waals surface area contributed by atoms with Crippen LogP contribution in [0.15, 0.2) is 42.5 Å². The summed E-state index contributed by atoms with van der Waals surface area (Å²) in [6.07, 6.45) is 0. The van der Waals surface area contributed by atoms with Crippen molar-refractivity contribution in [2.45, 2.75) is 6.92 Å². The van der Waals surface area contributed by atoms with Crippen molar-refractivity contribution in [2.24, 2.45) is 0 Å². The molecule has 4 nitrogen and oxygen atoms in total. The molecule has 0 saturated carbocycles. The molecule has 0 spiro atoms. The number of phenolic OH excluding ortho intramolecular Hbond substituents is 1. The lowest BCUT2D eigenvalue weighted by molar-refractivity contribution is 0.102. The number of hydrogen-bond donors (Lipinski definition) is 3. The zero-order valence-electron chi connectivity index (χ0n) is 11.6. The largest absolute Gasteiger partial charge is 0.508 e. The standard InChI is InChI=1S/C17H15NO3/c1-12-11-15(20)8-9-16(12)17(21)18-14-6-4-13(5-7-14)3-2-10-19/h4-9,11,19-20H,10H2,1H3,(H,18,21). The minimum Gasteiger partial charge on any atom is -0.508 e. The number of nitrogens with one attached hydrogen (secondary N) is 1. The van der Waals surface area contributed by atoms with E-state index in [0.29, 0.717) is 16.8 Å². The van der Waals surface area contributed by atoms with Gasteiger partial charge in [-0.2, -0.15) is 0 Å². The van der Waals surface area contributed by atoms with Gasteiger partial charge in [-0.3, -0.25) is 4.79 Å². The highest BCUT2D eigenvalue weighted by Gasteiger charge is 2.09. The van der Waals surface area contributed by atoms with Gasteiger partial charge in [-0.25, -0.2) is 0 Å². The first kappa shape index (κ1) is 14.6. The Morgan fingerprint density at radius 3 is 2.52 bits per heavy atom. The number of hydrogen-bond acceptors (Lipinski definition) is 3. The van der Waals surface area contributed by atoms with Gasteiger partial charge in [0.1, 0.15) is 12.4 Å². The van der Waals surface area contributed by atoms with Crippen LogP contribution in [0.4, 0.5) is 5.69 Å². The molecule has 0 atom stereocenters. The molecular formula is C17H15NO3. The summed E-state index contributed by atoms with van der Waals surface area (Å²) in [5.41, 5.74) is 2.64. The van der Waals surface area contributed by atoms with Crippen LogP contribution in [0.25, 0.3) is 0 Å². The Bertz CT molecular complexity index is 709. The molecule has 3 N–H and O–H groups in total. The van der Waals surface area contributed by atoms with E-state index >= 15 is 0 Å². The number of phenols is 1. The van der Waals surface area contributed by atoms with E-state index in [1.54, 1.807) is 43.3 Å². The van der Waals surface area contributed by atoms with E-state index in [1.165, 1.54) is 6.07 Å². The van der Waals surface area contributed by atoms with E-state index in [0.717, 1.165) is 5.56 Å². The molecule has 2 aromatic rings. The van der Waals surface area contributed by atoms with Crippen LogP contribution in [0.1, 0.15) is 21.5 Å². The zero-order chi connectivity index (χ0) is 15.2. The highest BCUT2D eigenvalue weighted by Crippen LogP contribution is 2.17. The molecule has 0 aliphatic carbocycles. The fraction of sp³-hybridized carbons (Fsp3) is 0.118. The van der Waals surface area contributed by atoms with Gasteiger partial charge in [0.15, 0.2) is 0 Å². The number of aliphatic hydroxyl groups is 1. The van der Waals surface area contributed by atoms with Gasteiger partial charge in [0.05, 0.1) is 0 Å². The third kappa shape index (κ3) is 3.85. The molecule has 0 bridgehead atoms. The molecule has 0 radical (unpaired) electrons. The van der Waals surface area contributed by atoms with Crippen LogP contribution in [0, 0.1) is 18.8 Å². The summed E-state index contributed by atoms with van der Waals surface area (Å²) in [5, 5.41) is 20.8. The van der Waals surface area contributed by atoms with Crippen molar-refractivity contribution in [3.05, 3.63) is 59.2 Å². The Labute approximate surface area is 123 Å². The van der Waals surface area contributed by atoms with E-state index < -0.39 is 0 Å². The van der Waals surface area contributed by atoms with Crippen LogP contribution in [0.5, 0.6) is 5.75 Å². The van der Waals surface area contributed by atoms with E-state index in [-0.39, 0.29) is 18.3 Å². The first-order valence-corrected chi connectivity index (χ1v) is 6.41. The maximum Gasteiger partial charge on any atom is 0.255 e. The van der Waals surface area contributed by atoms with E-state index in [9.17, 15) is 9.90 Å². The molecule has 0 aliphatic rings. The number of carbonyl (C=O) groups excluding carboxylic acids is 1. The number of carbonyl (C=O) groups is 1. The van der Waals surface area contributed by atoms with Gasteiger partial charge in [-0.15, -0.1) is 0 Å². The molecule has 21 heavy (non-hydrogen) atoms. The van der Waals surface area contributed by atoms with Crippen LogP contribution in [0.2, 0.25) is 0 Å². The second kappa shape index (κ2) is 6.60. The molecule has 2 rings (SSSR count). The van der Waals surface area contributed by atoms with Gasteiger partial charge in [0, 0.05) is 16.8 Å². The van der Waals surface area contributed by atoms with Crippen LogP contribution in [0.3, 0.4) is 0 Å². The summed E-state index contributed by atoms with van der Waals surface area (Å²) in [6, 6.07) is 11.6. The molecule has 2 aromatic carbocycles. The maximum absolute atomic E-state index is 12.1. The van der Waals surface area contributed by atoms with Gasteiger partial charge < -0.3 is 15.5 Å². The molecular weight excluding hydrogens is 266 g/mol. The maximum atomic E-state index is 12.1. The van der Waals surface area contributed by atoms with Crippen molar-refractivity contribution in [3.8, 4) is 17.6 Å². The van der Waals surface area contributed by atoms with Gasteiger partial charge in [0.25, 0.3) is 5.91 Å². The van der Waals surface area contributed by atoms with Gasteiger partial charge in [0.2, 0.25) is 0 Å². The molecule has 1 amide bonds. The quantitative estimate of drug-likeness (QED) is 0.740. The van der Waals surface area contributed by atoms with Gasteiger partial charge in [-0.05, 0) is 55.0 Å². The fourth-order valence-electron chi connectivity index (χ4n) is 1.88. The fourth-order valence-corrected chi connectivity index (χ4v) is 1.88. The predicted molar refractivity (Wildman–Crippen MR) is 81.2 cm³/mol. The number of amides is 1. The number of anilines is 1. The van der Waals surface area contributed by atoms with Gasteiger partial charge >= 0.3 is 0 Å². The Kier molecular flexibility index (Phi) is 4.60. The normalized spacial score (nSPS) is 9.62. The van der Waals surface area contributed by atoms with Crippen molar-refractivity contribution in [2.75, 3.05) is 11.9 Å². The highest BCUT2D eigenvalue weighted by molar-refractivity contribution is 6.05. The highest BCUT2D eigenvalue weighted by atomic mass is 16.3. The first-order valence-electron chi connectivity index (χ1n) is 6.41. The van der Waals surface area contributed by atoms with E-state index in [4.69, 9.17) is 5.11 Å². The lowest BCUT2D eigenvalue weighted by Crippen LogP contribution is -2.13. The Morgan fingerprint density at radius 1 is 1.19 bits per heavy atom. The zero-order valence-corrected chi connectivity index (χ0v) is 11.6. The van der Waals surface area contributed by atoms with Crippen molar-refractivity contribution < 1.29 is 15.0 Å². The van der Waals surface area contributed by atoms with Crippen molar-refractivity contribution in [3.63, 3.8) is 0 Å². The number of benzene rings is 2. The topological polar surface area (TPSA) is 69.6 Å². The van der Waals surface area contributed by atoms with Crippen LogP contribution >= 0.6 is 0 Å². The summed E-state index contributed by atoms with van der Waals surface area (Å²) >= 11 is 0. The van der Waals surface area contributed by atoms with Crippen LogP contribution in [-0.4, -0.2) is 22.7 Å².